The lowest BCUT2D eigenvalue weighted by Crippen LogP contribution is -2.33. The van der Waals surface area contributed by atoms with E-state index < -0.39 is 4.92 Å². The predicted octanol–water partition coefficient (Wildman–Crippen LogP) is 3.91. The van der Waals surface area contributed by atoms with E-state index in [4.69, 9.17) is 0 Å². The first-order valence-corrected chi connectivity index (χ1v) is 8.00. The van der Waals surface area contributed by atoms with E-state index in [2.05, 4.69) is 28.2 Å². The molecule has 0 radical (unpaired) electrons. The molecule has 1 fully saturated rings. The Balaban J connectivity index is 2.02. The van der Waals surface area contributed by atoms with Crippen LogP contribution in [0.4, 0.5) is 5.69 Å². The molecule has 1 aliphatic rings. The van der Waals surface area contributed by atoms with Crippen LogP contribution in [0.1, 0.15) is 43.0 Å². The van der Waals surface area contributed by atoms with Crippen molar-refractivity contribution in [1.82, 2.24) is 5.32 Å². The number of hydrogen-bond acceptors (Lipinski definition) is 3. The molecule has 1 amide bonds. The van der Waals surface area contributed by atoms with Crippen LogP contribution in [-0.4, -0.2) is 17.4 Å². The van der Waals surface area contributed by atoms with Crippen LogP contribution in [0.15, 0.2) is 22.7 Å². The molecule has 2 atom stereocenters. The fourth-order valence-electron chi connectivity index (χ4n) is 2.82. The number of hydrogen-bond donors (Lipinski definition) is 1. The predicted molar refractivity (Wildman–Crippen MR) is 84.3 cm³/mol. The number of non-ortho nitro benzene ring substituents is 1. The molecule has 1 aliphatic carbocycles. The van der Waals surface area contributed by atoms with Gasteiger partial charge in [-0.15, -0.1) is 0 Å². The number of halogens is 1. The standard InChI is InChI=1S/C15H19BrN2O3/c1-10-4-2-3-5-11(10)9-17-15(19)13-8-12(18(20)21)6-7-14(13)16/h6-8,10-11H,2-5,9H2,1H3,(H,17,19). The number of carbonyl (C=O) groups is 1. The van der Waals surface area contributed by atoms with Gasteiger partial charge >= 0.3 is 0 Å². The minimum absolute atomic E-state index is 0.0746. The van der Waals surface area contributed by atoms with E-state index in [0.29, 0.717) is 28.4 Å². The van der Waals surface area contributed by atoms with Gasteiger partial charge in [0, 0.05) is 23.2 Å². The summed E-state index contributed by atoms with van der Waals surface area (Å²) in [5.74, 6) is 0.858. The van der Waals surface area contributed by atoms with Crippen LogP contribution in [0.5, 0.6) is 0 Å². The Morgan fingerprint density at radius 2 is 2.14 bits per heavy atom. The normalized spacial score (nSPS) is 21.8. The van der Waals surface area contributed by atoms with Gasteiger partial charge < -0.3 is 5.32 Å². The average molecular weight is 355 g/mol. The van der Waals surface area contributed by atoms with Crippen LogP contribution in [0.3, 0.4) is 0 Å². The Morgan fingerprint density at radius 3 is 2.81 bits per heavy atom. The first-order chi connectivity index (χ1) is 9.99. The molecule has 1 N–H and O–H groups in total. The molecule has 2 rings (SSSR count). The van der Waals surface area contributed by atoms with Crippen molar-refractivity contribution in [2.24, 2.45) is 11.8 Å². The molecular weight excluding hydrogens is 336 g/mol. The van der Waals surface area contributed by atoms with Crippen LogP contribution in [0.2, 0.25) is 0 Å². The first-order valence-electron chi connectivity index (χ1n) is 7.21. The summed E-state index contributed by atoms with van der Waals surface area (Å²) in [6.07, 6.45) is 4.83. The van der Waals surface area contributed by atoms with E-state index >= 15 is 0 Å². The van der Waals surface area contributed by atoms with E-state index in [1.807, 2.05) is 0 Å². The Hall–Kier alpha value is -1.43. The number of nitrogens with zero attached hydrogens (tertiary/aromatic N) is 1. The summed E-state index contributed by atoms with van der Waals surface area (Å²) < 4.78 is 0.572. The van der Waals surface area contributed by atoms with E-state index in [9.17, 15) is 14.9 Å². The van der Waals surface area contributed by atoms with Crippen molar-refractivity contribution >= 4 is 27.5 Å². The number of amides is 1. The van der Waals surface area contributed by atoms with Crippen LogP contribution in [0, 0.1) is 22.0 Å². The fourth-order valence-corrected chi connectivity index (χ4v) is 3.24. The molecule has 0 saturated heterocycles. The zero-order valence-corrected chi connectivity index (χ0v) is 13.6. The van der Waals surface area contributed by atoms with E-state index in [0.717, 1.165) is 6.42 Å². The summed E-state index contributed by atoms with van der Waals surface area (Å²) in [6, 6.07) is 4.23. The molecule has 2 unspecified atom stereocenters. The highest BCUT2D eigenvalue weighted by Gasteiger charge is 2.22. The minimum atomic E-state index is -0.494. The lowest BCUT2D eigenvalue weighted by Gasteiger charge is -2.28. The van der Waals surface area contributed by atoms with Crippen molar-refractivity contribution in [2.45, 2.75) is 32.6 Å². The van der Waals surface area contributed by atoms with Crippen LogP contribution in [0.25, 0.3) is 0 Å². The van der Waals surface area contributed by atoms with Crippen LogP contribution >= 0.6 is 15.9 Å². The summed E-state index contributed by atoms with van der Waals surface area (Å²) in [6.45, 7) is 2.86. The van der Waals surface area contributed by atoms with E-state index in [1.165, 1.54) is 37.5 Å². The molecule has 0 aliphatic heterocycles. The molecule has 0 bridgehead atoms. The van der Waals surface area contributed by atoms with Crippen molar-refractivity contribution in [1.29, 1.82) is 0 Å². The zero-order valence-electron chi connectivity index (χ0n) is 12.0. The van der Waals surface area contributed by atoms with Crippen LogP contribution in [-0.2, 0) is 0 Å². The number of nitrogens with one attached hydrogen (secondary N) is 1. The largest absolute Gasteiger partial charge is 0.352 e. The zero-order chi connectivity index (χ0) is 15.4. The smallest absolute Gasteiger partial charge is 0.270 e. The van der Waals surface area contributed by atoms with Crippen molar-refractivity contribution in [3.63, 3.8) is 0 Å². The second-order valence-corrected chi connectivity index (χ2v) is 6.51. The topological polar surface area (TPSA) is 72.2 Å². The Bertz CT molecular complexity index is 548. The number of nitro groups is 1. The summed E-state index contributed by atoms with van der Waals surface area (Å²) in [7, 11) is 0. The molecule has 5 nitrogen and oxygen atoms in total. The number of benzene rings is 1. The molecule has 0 spiro atoms. The molecule has 1 aromatic carbocycles. The van der Waals surface area contributed by atoms with Gasteiger partial charge in [-0.2, -0.15) is 0 Å². The molecule has 114 valence electrons. The van der Waals surface area contributed by atoms with Gasteiger partial charge in [0.2, 0.25) is 0 Å². The molecular formula is C15H19BrN2O3. The maximum Gasteiger partial charge on any atom is 0.270 e. The van der Waals surface area contributed by atoms with E-state index in [-0.39, 0.29) is 11.6 Å². The van der Waals surface area contributed by atoms with Gasteiger partial charge in [0.1, 0.15) is 0 Å². The third-order valence-electron chi connectivity index (χ3n) is 4.22. The van der Waals surface area contributed by atoms with Gasteiger partial charge in [-0.1, -0.05) is 26.2 Å². The average Bonchev–Trinajstić information content (AvgIpc) is 2.46. The summed E-state index contributed by atoms with van der Waals surface area (Å²) in [4.78, 5) is 22.5. The number of carbonyl (C=O) groups excluding carboxylic acids is 1. The van der Waals surface area contributed by atoms with Gasteiger partial charge in [-0.05, 0) is 40.3 Å². The summed E-state index contributed by atoms with van der Waals surface area (Å²) >= 11 is 3.27. The number of nitro benzene ring substituents is 1. The van der Waals surface area contributed by atoms with Gasteiger partial charge in [-0.3, -0.25) is 14.9 Å². The van der Waals surface area contributed by atoms with E-state index in [1.54, 1.807) is 0 Å². The quantitative estimate of drug-likeness (QED) is 0.657. The summed E-state index contributed by atoms with van der Waals surface area (Å²) in [5.41, 5.74) is 0.238. The van der Waals surface area contributed by atoms with Crippen molar-refractivity contribution in [3.05, 3.63) is 38.3 Å². The monoisotopic (exact) mass is 354 g/mol. The molecule has 1 aromatic rings. The second-order valence-electron chi connectivity index (χ2n) is 5.65. The van der Waals surface area contributed by atoms with Crippen LogP contribution < -0.4 is 5.32 Å². The molecule has 6 heteroatoms. The minimum Gasteiger partial charge on any atom is -0.352 e. The van der Waals surface area contributed by atoms with Gasteiger partial charge in [0.25, 0.3) is 11.6 Å². The van der Waals surface area contributed by atoms with Crippen molar-refractivity contribution in [3.8, 4) is 0 Å². The molecule has 0 aromatic heterocycles. The van der Waals surface area contributed by atoms with Gasteiger partial charge in [0.05, 0.1) is 10.5 Å². The third kappa shape index (κ3) is 4.03. The maximum atomic E-state index is 12.2. The van der Waals surface area contributed by atoms with Gasteiger partial charge in [-0.25, -0.2) is 0 Å². The Labute approximate surface area is 132 Å². The lowest BCUT2D eigenvalue weighted by atomic mass is 9.80. The summed E-state index contributed by atoms with van der Waals surface area (Å²) in [5, 5.41) is 13.7. The third-order valence-corrected chi connectivity index (χ3v) is 4.91. The number of rotatable bonds is 4. The SMILES string of the molecule is CC1CCCCC1CNC(=O)c1cc([N+](=O)[O-])ccc1Br. The fraction of sp³-hybridized carbons (Fsp3) is 0.533. The highest BCUT2D eigenvalue weighted by Crippen LogP contribution is 2.29. The Morgan fingerprint density at radius 1 is 1.43 bits per heavy atom. The molecule has 1 saturated carbocycles. The highest BCUT2D eigenvalue weighted by molar-refractivity contribution is 9.10. The maximum absolute atomic E-state index is 12.2. The Kier molecular flexibility index (Phi) is 5.33. The van der Waals surface area contributed by atoms with Crippen molar-refractivity contribution in [2.75, 3.05) is 6.54 Å². The lowest BCUT2D eigenvalue weighted by molar-refractivity contribution is -0.384. The molecule has 0 heterocycles. The highest BCUT2D eigenvalue weighted by atomic mass is 79.9. The first kappa shape index (κ1) is 15.9. The van der Waals surface area contributed by atoms with Crippen molar-refractivity contribution < 1.29 is 9.72 Å². The van der Waals surface area contributed by atoms with Gasteiger partial charge in [0.15, 0.2) is 0 Å². The second kappa shape index (κ2) is 7.02. The molecule has 21 heavy (non-hydrogen) atoms.